The summed E-state index contributed by atoms with van der Waals surface area (Å²) < 4.78 is 0. The van der Waals surface area contributed by atoms with E-state index in [0.29, 0.717) is 0 Å². The summed E-state index contributed by atoms with van der Waals surface area (Å²) >= 11 is 1.71. The fourth-order valence-corrected chi connectivity index (χ4v) is 4.44. The molecule has 0 bridgehead atoms. The zero-order valence-electron chi connectivity index (χ0n) is 12.7. The second-order valence-corrected chi connectivity index (χ2v) is 6.96. The van der Waals surface area contributed by atoms with Crippen molar-refractivity contribution in [3.05, 3.63) is 59.7 Å². The molecule has 2 heterocycles. The molecule has 0 aliphatic carbocycles. The number of thioether (sulfide) groups is 1. The van der Waals surface area contributed by atoms with Crippen LogP contribution in [0.1, 0.15) is 11.1 Å². The number of amides is 1. The van der Waals surface area contributed by atoms with Gasteiger partial charge in [0.1, 0.15) is 0 Å². The van der Waals surface area contributed by atoms with Gasteiger partial charge in [0.25, 0.3) is 0 Å². The van der Waals surface area contributed by atoms with Crippen molar-refractivity contribution in [2.24, 2.45) is 0 Å². The number of hydrogen-bond acceptors (Lipinski definition) is 3. The Kier molecular flexibility index (Phi) is 4.95. The summed E-state index contributed by atoms with van der Waals surface area (Å²) in [6.07, 6.45) is 0.839. The number of rotatable bonds is 1. The fraction of sp³-hybridized carbons (Fsp3) is 0.278. The second-order valence-electron chi connectivity index (χ2n) is 5.71. The third-order valence-corrected chi connectivity index (χ3v) is 5.60. The van der Waals surface area contributed by atoms with Crippen molar-refractivity contribution in [2.75, 3.05) is 18.0 Å². The van der Waals surface area contributed by atoms with E-state index < -0.39 is 0 Å². The van der Waals surface area contributed by atoms with Gasteiger partial charge in [-0.2, -0.15) is 0 Å². The van der Waals surface area contributed by atoms with E-state index in [-0.39, 0.29) is 23.6 Å². The minimum absolute atomic E-state index is 0. The number of carbonyl (C=O) groups excluding carboxylic acids is 1. The van der Waals surface area contributed by atoms with Crippen LogP contribution in [-0.4, -0.2) is 24.2 Å². The van der Waals surface area contributed by atoms with Gasteiger partial charge in [-0.15, -0.1) is 24.2 Å². The highest BCUT2D eigenvalue weighted by molar-refractivity contribution is 8.01. The molecule has 2 aliphatic heterocycles. The molecular weight excluding hydrogens is 328 g/mol. The molecule has 0 fully saturated rings. The molecule has 0 aromatic heterocycles. The minimum Gasteiger partial charge on any atom is -0.311 e. The second kappa shape index (κ2) is 6.95. The van der Waals surface area contributed by atoms with Gasteiger partial charge in [0, 0.05) is 30.2 Å². The average Bonchev–Trinajstić information content (AvgIpc) is 2.87. The predicted octanol–water partition coefficient (Wildman–Crippen LogP) is 3.26. The minimum atomic E-state index is 0. The third kappa shape index (κ3) is 3.11. The number of halogens is 1. The first-order valence-electron chi connectivity index (χ1n) is 7.67. The molecule has 1 atom stereocenters. The molecule has 4 rings (SSSR count). The first-order valence-corrected chi connectivity index (χ1v) is 8.55. The number of fused-ring (bicyclic) bond motifs is 2. The first-order chi connectivity index (χ1) is 10.8. The first kappa shape index (κ1) is 16.4. The number of nitrogens with zero attached hydrogens (tertiary/aromatic N) is 1. The molecule has 5 heteroatoms. The zero-order chi connectivity index (χ0) is 14.9. The van der Waals surface area contributed by atoms with Gasteiger partial charge in [0.2, 0.25) is 5.91 Å². The number of para-hydroxylation sites is 1. The quantitative estimate of drug-likeness (QED) is 0.860. The van der Waals surface area contributed by atoms with Gasteiger partial charge in [-0.05, 0) is 29.7 Å². The standard InChI is InChI=1S/C18H18N2OS.ClH/c21-18(17-11-13-5-2-4-8-16(13)22-17)20-10-9-19-12-14-6-1-3-7-15(14)20;/h1-8,17,19H,9-12H2;1H. The largest absolute Gasteiger partial charge is 0.311 e. The lowest BCUT2D eigenvalue weighted by Gasteiger charge is -2.25. The average molecular weight is 347 g/mol. The molecular formula is C18H19ClN2OS. The number of hydrogen-bond donors (Lipinski definition) is 1. The van der Waals surface area contributed by atoms with Crippen LogP contribution in [-0.2, 0) is 17.8 Å². The van der Waals surface area contributed by atoms with Gasteiger partial charge in [0.05, 0.1) is 5.25 Å². The van der Waals surface area contributed by atoms with Gasteiger partial charge in [0.15, 0.2) is 0 Å². The summed E-state index contributed by atoms with van der Waals surface area (Å²) in [4.78, 5) is 16.3. The highest BCUT2D eigenvalue weighted by atomic mass is 35.5. The number of anilines is 1. The molecule has 0 saturated carbocycles. The van der Waals surface area contributed by atoms with Crippen molar-refractivity contribution in [3.8, 4) is 0 Å². The highest BCUT2D eigenvalue weighted by Gasteiger charge is 2.33. The van der Waals surface area contributed by atoms with Crippen LogP contribution in [0.15, 0.2) is 53.4 Å². The summed E-state index contributed by atoms with van der Waals surface area (Å²) in [5.41, 5.74) is 3.56. The molecule has 2 aromatic rings. The lowest BCUT2D eigenvalue weighted by Crippen LogP contribution is -2.40. The van der Waals surface area contributed by atoms with Gasteiger partial charge in [-0.25, -0.2) is 0 Å². The summed E-state index contributed by atoms with van der Waals surface area (Å²) in [6, 6.07) is 16.6. The van der Waals surface area contributed by atoms with E-state index >= 15 is 0 Å². The van der Waals surface area contributed by atoms with E-state index in [1.54, 1.807) is 11.8 Å². The van der Waals surface area contributed by atoms with Crippen LogP contribution in [0.25, 0.3) is 0 Å². The number of nitrogens with one attached hydrogen (secondary N) is 1. The van der Waals surface area contributed by atoms with Crippen LogP contribution < -0.4 is 10.2 Å². The van der Waals surface area contributed by atoms with E-state index in [2.05, 4.69) is 35.6 Å². The SMILES string of the molecule is Cl.O=C(C1Cc2ccccc2S1)N1CCNCc2ccccc21. The summed E-state index contributed by atoms with van der Waals surface area (Å²) in [6.45, 7) is 2.41. The summed E-state index contributed by atoms with van der Waals surface area (Å²) in [5.74, 6) is 0.234. The van der Waals surface area contributed by atoms with Crippen molar-refractivity contribution in [1.82, 2.24) is 5.32 Å². The molecule has 3 nitrogen and oxygen atoms in total. The lowest BCUT2D eigenvalue weighted by molar-refractivity contribution is -0.118. The van der Waals surface area contributed by atoms with E-state index in [9.17, 15) is 4.79 Å². The fourth-order valence-electron chi connectivity index (χ4n) is 3.18. The molecule has 1 unspecified atom stereocenters. The molecule has 2 aromatic carbocycles. The Balaban J connectivity index is 0.00000156. The van der Waals surface area contributed by atoms with Gasteiger partial charge >= 0.3 is 0 Å². The molecule has 1 amide bonds. The van der Waals surface area contributed by atoms with Crippen LogP contribution in [0.5, 0.6) is 0 Å². The Hall–Kier alpha value is -1.49. The number of carbonyl (C=O) groups is 1. The van der Waals surface area contributed by atoms with Crippen molar-refractivity contribution in [2.45, 2.75) is 23.1 Å². The Morgan fingerprint density at radius 3 is 2.65 bits per heavy atom. The van der Waals surface area contributed by atoms with Gasteiger partial charge in [-0.3, -0.25) is 4.79 Å². The molecule has 0 radical (unpaired) electrons. The van der Waals surface area contributed by atoms with Crippen molar-refractivity contribution < 1.29 is 4.79 Å². The van der Waals surface area contributed by atoms with Crippen LogP contribution in [0.4, 0.5) is 5.69 Å². The normalized spacial score (nSPS) is 19.3. The van der Waals surface area contributed by atoms with Crippen LogP contribution >= 0.6 is 24.2 Å². The van der Waals surface area contributed by atoms with Gasteiger partial charge in [-0.1, -0.05) is 36.4 Å². The van der Waals surface area contributed by atoms with E-state index in [1.165, 1.54) is 16.0 Å². The molecule has 1 N–H and O–H groups in total. The summed E-state index contributed by atoms with van der Waals surface area (Å²) in [5, 5.41) is 3.40. The van der Waals surface area contributed by atoms with Crippen LogP contribution in [0.3, 0.4) is 0 Å². The molecule has 120 valence electrons. The Bertz CT molecular complexity index is 697. The maximum absolute atomic E-state index is 13.1. The zero-order valence-corrected chi connectivity index (χ0v) is 14.3. The molecule has 2 aliphatic rings. The maximum atomic E-state index is 13.1. The maximum Gasteiger partial charge on any atom is 0.240 e. The molecule has 0 spiro atoms. The Labute approximate surface area is 146 Å². The smallest absolute Gasteiger partial charge is 0.240 e. The van der Waals surface area contributed by atoms with Crippen molar-refractivity contribution in [3.63, 3.8) is 0 Å². The third-order valence-electron chi connectivity index (χ3n) is 4.30. The van der Waals surface area contributed by atoms with Crippen LogP contribution in [0.2, 0.25) is 0 Å². The van der Waals surface area contributed by atoms with Crippen LogP contribution in [0, 0.1) is 0 Å². The number of benzene rings is 2. The summed E-state index contributed by atoms with van der Waals surface area (Å²) in [7, 11) is 0. The molecule has 23 heavy (non-hydrogen) atoms. The Morgan fingerprint density at radius 1 is 1.09 bits per heavy atom. The molecule has 0 saturated heterocycles. The van der Waals surface area contributed by atoms with E-state index in [1.807, 2.05) is 23.1 Å². The lowest BCUT2D eigenvalue weighted by atomic mass is 10.1. The highest BCUT2D eigenvalue weighted by Crippen LogP contribution is 2.38. The predicted molar refractivity (Wildman–Crippen MR) is 97.5 cm³/mol. The van der Waals surface area contributed by atoms with Crippen molar-refractivity contribution >= 4 is 35.8 Å². The Morgan fingerprint density at radius 2 is 1.83 bits per heavy atom. The van der Waals surface area contributed by atoms with Crippen molar-refractivity contribution in [1.29, 1.82) is 0 Å². The van der Waals surface area contributed by atoms with E-state index in [0.717, 1.165) is 31.7 Å². The monoisotopic (exact) mass is 346 g/mol. The van der Waals surface area contributed by atoms with Gasteiger partial charge < -0.3 is 10.2 Å². The topological polar surface area (TPSA) is 32.3 Å². The van der Waals surface area contributed by atoms with E-state index in [4.69, 9.17) is 0 Å².